The predicted molar refractivity (Wildman–Crippen MR) is 62.7 cm³/mol. The average molecular weight is 209 g/mol. The maximum absolute atomic E-state index is 10.6. The minimum Gasteiger partial charge on any atom is -0.385 e. The number of nitrogens with zero attached hydrogens (tertiary/aromatic N) is 1. The first-order valence-electron chi connectivity index (χ1n) is 6.16. The third kappa shape index (κ3) is 1.74. The maximum atomic E-state index is 10.6. The Hall–Kier alpha value is -0.340. The van der Waals surface area contributed by atoms with E-state index in [0.29, 0.717) is 18.0 Å². The van der Waals surface area contributed by atoms with Crippen LogP contribution in [-0.4, -0.2) is 34.7 Å². The summed E-state index contributed by atoms with van der Waals surface area (Å²) >= 11 is 0. The average Bonchev–Trinajstić information content (AvgIpc) is 2.26. The van der Waals surface area contributed by atoms with E-state index in [4.69, 9.17) is 0 Å². The molecule has 2 heteroatoms. The Morgan fingerprint density at radius 3 is 2.73 bits per heavy atom. The molecule has 0 aromatic carbocycles. The normalized spacial score (nSPS) is 47.3. The van der Waals surface area contributed by atoms with Crippen molar-refractivity contribution in [3.63, 3.8) is 0 Å². The first kappa shape index (κ1) is 11.2. The van der Waals surface area contributed by atoms with Crippen molar-refractivity contribution in [2.24, 2.45) is 5.92 Å². The molecule has 15 heavy (non-hydrogen) atoms. The molecule has 0 aromatic heterocycles. The van der Waals surface area contributed by atoms with Gasteiger partial charge < -0.3 is 10.0 Å². The van der Waals surface area contributed by atoms with E-state index in [0.717, 1.165) is 12.8 Å². The Bertz CT molecular complexity index is 253. The van der Waals surface area contributed by atoms with E-state index in [1.54, 1.807) is 6.08 Å². The van der Waals surface area contributed by atoms with Gasteiger partial charge in [-0.2, -0.15) is 0 Å². The smallest absolute Gasteiger partial charge is 0.0882 e. The highest BCUT2D eigenvalue weighted by Crippen LogP contribution is 2.43. The molecule has 2 rings (SSSR count). The minimum absolute atomic E-state index is 0.407. The number of rotatable bonds is 1. The summed E-state index contributed by atoms with van der Waals surface area (Å²) in [5.74, 6) is 0.407. The van der Waals surface area contributed by atoms with Crippen LogP contribution < -0.4 is 0 Å². The van der Waals surface area contributed by atoms with Crippen LogP contribution in [-0.2, 0) is 0 Å². The van der Waals surface area contributed by atoms with Crippen molar-refractivity contribution in [2.75, 3.05) is 7.05 Å². The van der Waals surface area contributed by atoms with E-state index in [1.807, 2.05) is 0 Å². The molecule has 2 nitrogen and oxygen atoms in total. The second-order valence-corrected chi connectivity index (χ2v) is 5.37. The second-order valence-electron chi connectivity index (χ2n) is 5.37. The lowest BCUT2D eigenvalue weighted by molar-refractivity contribution is -0.0970. The van der Waals surface area contributed by atoms with Crippen molar-refractivity contribution in [1.29, 1.82) is 0 Å². The maximum Gasteiger partial charge on any atom is 0.0882 e. The van der Waals surface area contributed by atoms with Gasteiger partial charge in [-0.15, -0.1) is 6.58 Å². The lowest BCUT2D eigenvalue weighted by Crippen LogP contribution is -2.60. The Kier molecular flexibility index (Phi) is 2.91. The molecule has 1 heterocycles. The van der Waals surface area contributed by atoms with Gasteiger partial charge in [-0.25, -0.2) is 0 Å². The third-order valence-electron chi connectivity index (χ3n) is 4.57. The first-order chi connectivity index (χ1) is 7.08. The van der Waals surface area contributed by atoms with Crippen molar-refractivity contribution in [2.45, 2.75) is 56.7 Å². The Labute approximate surface area is 93.0 Å². The summed E-state index contributed by atoms with van der Waals surface area (Å²) in [4.78, 5) is 2.46. The van der Waals surface area contributed by atoms with Crippen LogP contribution in [0.25, 0.3) is 0 Å². The number of likely N-dealkylation sites (tertiary alicyclic amines) is 1. The van der Waals surface area contributed by atoms with Crippen LogP contribution >= 0.6 is 0 Å². The van der Waals surface area contributed by atoms with Gasteiger partial charge in [0.15, 0.2) is 0 Å². The molecule has 0 radical (unpaired) electrons. The summed E-state index contributed by atoms with van der Waals surface area (Å²) in [7, 11) is 2.20. The van der Waals surface area contributed by atoms with Crippen LogP contribution in [0.2, 0.25) is 0 Å². The monoisotopic (exact) mass is 209 g/mol. The molecule has 0 amide bonds. The highest BCUT2D eigenvalue weighted by atomic mass is 16.3. The fraction of sp³-hybridized carbons (Fsp3) is 0.846. The molecule has 1 saturated heterocycles. The van der Waals surface area contributed by atoms with Gasteiger partial charge in [-0.1, -0.05) is 18.9 Å². The second kappa shape index (κ2) is 3.91. The topological polar surface area (TPSA) is 23.5 Å². The van der Waals surface area contributed by atoms with Gasteiger partial charge >= 0.3 is 0 Å². The van der Waals surface area contributed by atoms with Gasteiger partial charge in [0.25, 0.3) is 0 Å². The molecule has 86 valence electrons. The van der Waals surface area contributed by atoms with Crippen LogP contribution in [0.3, 0.4) is 0 Å². The van der Waals surface area contributed by atoms with Crippen LogP contribution in [0, 0.1) is 5.92 Å². The number of hydrogen-bond donors (Lipinski definition) is 1. The fourth-order valence-electron chi connectivity index (χ4n) is 3.51. The zero-order valence-corrected chi connectivity index (χ0v) is 9.95. The number of piperidine rings is 1. The lowest BCUT2D eigenvalue weighted by atomic mass is 9.67. The SMILES string of the molecule is C=CC1(O)CC(C)N(C)C2CCCCC21. The molecule has 4 atom stereocenters. The largest absolute Gasteiger partial charge is 0.385 e. The Morgan fingerprint density at radius 2 is 2.07 bits per heavy atom. The van der Waals surface area contributed by atoms with E-state index in [1.165, 1.54) is 19.3 Å². The highest BCUT2D eigenvalue weighted by molar-refractivity contribution is 5.10. The van der Waals surface area contributed by atoms with Crippen molar-refractivity contribution in [3.05, 3.63) is 12.7 Å². The van der Waals surface area contributed by atoms with E-state index >= 15 is 0 Å². The summed E-state index contributed by atoms with van der Waals surface area (Å²) in [6, 6.07) is 1.03. The summed E-state index contributed by atoms with van der Waals surface area (Å²) in [5, 5.41) is 10.6. The zero-order valence-electron chi connectivity index (χ0n) is 9.95. The molecular weight excluding hydrogens is 186 g/mol. The first-order valence-corrected chi connectivity index (χ1v) is 6.16. The standard InChI is InChI=1S/C13H23NO/c1-4-13(15)9-10(2)14(3)12-8-6-5-7-11(12)13/h4,10-12,15H,1,5-9H2,2-3H3. The molecule has 1 N–H and O–H groups in total. The van der Waals surface area contributed by atoms with Gasteiger partial charge in [0.05, 0.1) is 5.60 Å². The Morgan fingerprint density at radius 1 is 1.40 bits per heavy atom. The van der Waals surface area contributed by atoms with Crippen LogP contribution in [0.4, 0.5) is 0 Å². The molecule has 1 aliphatic heterocycles. The zero-order chi connectivity index (χ0) is 11.1. The number of hydrogen-bond acceptors (Lipinski definition) is 2. The molecule has 2 aliphatic rings. The minimum atomic E-state index is -0.614. The van der Waals surface area contributed by atoms with Gasteiger partial charge in [0, 0.05) is 18.0 Å². The van der Waals surface area contributed by atoms with Crippen molar-refractivity contribution >= 4 is 0 Å². The van der Waals surface area contributed by atoms with Crippen molar-refractivity contribution < 1.29 is 5.11 Å². The van der Waals surface area contributed by atoms with E-state index in [9.17, 15) is 5.11 Å². The van der Waals surface area contributed by atoms with Gasteiger partial charge in [0.1, 0.15) is 0 Å². The van der Waals surface area contributed by atoms with Gasteiger partial charge in [0.2, 0.25) is 0 Å². The summed E-state index contributed by atoms with van der Waals surface area (Å²) < 4.78 is 0. The number of aliphatic hydroxyl groups is 1. The highest BCUT2D eigenvalue weighted by Gasteiger charge is 2.47. The summed E-state index contributed by atoms with van der Waals surface area (Å²) in [6.45, 7) is 6.05. The van der Waals surface area contributed by atoms with Crippen molar-refractivity contribution in [3.8, 4) is 0 Å². The lowest BCUT2D eigenvalue weighted by Gasteiger charge is -2.53. The van der Waals surface area contributed by atoms with E-state index in [-0.39, 0.29) is 0 Å². The Balaban J connectivity index is 2.25. The molecule has 4 unspecified atom stereocenters. The van der Waals surface area contributed by atoms with Crippen LogP contribution in [0.5, 0.6) is 0 Å². The van der Waals surface area contributed by atoms with Crippen LogP contribution in [0.15, 0.2) is 12.7 Å². The van der Waals surface area contributed by atoms with Crippen molar-refractivity contribution in [1.82, 2.24) is 4.90 Å². The molecule has 2 fully saturated rings. The third-order valence-corrected chi connectivity index (χ3v) is 4.57. The molecule has 0 bridgehead atoms. The predicted octanol–water partition coefficient (Wildman–Crippen LogP) is 2.19. The summed E-state index contributed by atoms with van der Waals surface area (Å²) in [5.41, 5.74) is -0.614. The van der Waals surface area contributed by atoms with E-state index < -0.39 is 5.60 Å². The number of fused-ring (bicyclic) bond motifs is 1. The fourth-order valence-corrected chi connectivity index (χ4v) is 3.51. The van der Waals surface area contributed by atoms with Crippen LogP contribution in [0.1, 0.15) is 39.0 Å². The van der Waals surface area contributed by atoms with Gasteiger partial charge in [-0.3, -0.25) is 0 Å². The molecule has 1 aliphatic carbocycles. The molecule has 1 saturated carbocycles. The molecule has 0 spiro atoms. The van der Waals surface area contributed by atoms with Gasteiger partial charge in [-0.05, 0) is 33.2 Å². The van der Waals surface area contributed by atoms with E-state index in [2.05, 4.69) is 25.5 Å². The quantitative estimate of drug-likeness (QED) is 0.669. The molecule has 0 aromatic rings. The summed E-state index contributed by atoms with van der Waals surface area (Å²) in [6.07, 6.45) is 7.60. The molecular formula is C13H23NO.